The van der Waals surface area contributed by atoms with Gasteiger partial charge in [-0.05, 0) is 41.5 Å². The second kappa shape index (κ2) is 6.40. The lowest BCUT2D eigenvalue weighted by Gasteiger charge is -2.22. The van der Waals surface area contributed by atoms with Gasteiger partial charge in [-0.15, -0.1) is 0 Å². The predicted molar refractivity (Wildman–Crippen MR) is 85.6 cm³/mol. The van der Waals surface area contributed by atoms with Crippen LogP contribution in [-0.2, 0) is 6.54 Å². The molecule has 21 heavy (non-hydrogen) atoms. The lowest BCUT2D eigenvalue weighted by Crippen LogP contribution is -2.04. The number of hydrogen-bond acceptors (Lipinski definition) is 1. The predicted octanol–water partition coefficient (Wildman–Crippen LogP) is 5.00. The summed E-state index contributed by atoms with van der Waals surface area (Å²) in [6.45, 7) is 0.373. The number of rotatable bonds is 3. The third-order valence-corrected chi connectivity index (χ3v) is 4.57. The van der Waals surface area contributed by atoms with Crippen molar-refractivity contribution in [3.8, 4) is 11.1 Å². The number of hydrogen-bond donors (Lipinski definition) is 1. The number of halogens is 1. The van der Waals surface area contributed by atoms with E-state index in [4.69, 9.17) is 5.73 Å². The fourth-order valence-electron chi connectivity index (χ4n) is 3.29. The SMILES string of the molecule is NCc1ccc(-c2ccc(C3CCCCC3)cc2)c(F)c1. The molecule has 2 aromatic carbocycles. The van der Waals surface area contributed by atoms with Gasteiger partial charge in [0.2, 0.25) is 0 Å². The van der Waals surface area contributed by atoms with Gasteiger partial charge in [0.05, 0.1) is 0 Å². The molecule has 110 valence electrons. The lowest BCUT2D eigenvalue weighted by molar-refractivity contribution is 0.443. The molecule has 2 heteroatoms. The van der Waals surface area contributed by atoms with E-state index >= 15 is 0 Å². The van der Waals surface area contributed by atoms with E-state index in [2.05, 4.69) is 12.1 Å². The van der Waals surface area contributed by atoms with E-state index in [9.17, 15) is 4.39 Å². The maximum absolute atomic E-state index is 14.1. The van der Waals surface area contributed by atoms with Crippen molar-refractivity contribution in [3.05, 3.63) is 59.4 Å². The molecule has 1 saturated carbocycles. The largest absolute Gasteiger partial charge is 0.326 e. The van der Waals surface area contributed by atoms with Gasteiger partial charge in [0.15, 0.2) is 0 Å². The van der Waals surface area contributed by atoms with Gasteiger partial charge < -0.3 is 5.73 Å². The van der Waals surface area contributed by atoms with Gasteiger partial charge in [0.1, 0.15) is 5.82 Å². The van der Waals surface area contributed by atoms with Crippen LogP contribution in [0.1, 0.15) is 49.1 Å². The summed E-state index contributed by atoms with van der Waals surface area (Å²) in [6, 6.07) is 13.7. The Labute approximate surface area is 126 Å². The third kappa shape index (κ3) is 3.16. The van der Waals surface area contributed by atoms with E-state index in [-0.39, 0.29) is 5.82 Å². The van der Waals surface area contributed by atoms with Crippen LogP contribution in [0.15, 0.2) is 42.5 Å². The summed E-state index contributed by atoms with van der Waals surface area (Å²) < 4.78 is 14.1. The second-order valence-electron chi connectivity index (χ2n) is 5.98. The van der Waals surface area contributed by atoms with Gasteiger partial charge in [0, 0.05) is 12.1 Å². The molecule has 0 unspecified atom stereocenters. The van der Waals surface area contributed by atoms with Crippen LogP contribution < -0.4 is 5.73 Å². The Morgan fingerprint density at radius 3 is 2.29 bits per heavy atom. The molecule has 3 rings (SSSR count). The molecule has 0 atom stereocenters. The van der Waals surface area contributed by atoms with Crippen LogP contribution in [0.25, 0.3) is 11.1 Å². The van der Waals surface area contributed by atoms with Gasteiger partial charge >= 0.3 is 0 Å². The van der Waals surface area contributed by atoms with Crippen molar-refractivity contribution in [2.75, 3.05) is 0 Å². The van der Waals surface area contributed by atoms with Gasteiger partial charge in [-0.2, -0.15) is 0 Å². The third-order valence-electron chi connectivity index (χ3n) is 4.57. The first-order chi connectivity index (χ1) is 10.3. The summed E-state index contributed by atoms with van der Waals surface area (Å²) in [5.74, 6) is 0.501. The molecule has 0 bridgehead atoms. The van der Waals surface area contributed by atoms with Crippen LogP contribution >= 0.6 is 0 Å². The Balaban J connectivity index is 1.83. The quantitative estimate of drug-likeness (QED) is 0.843. The van der Waals surface area contributed by atoms with Crippen LogP contribution in [-0.4, -0.2) is 0 Å². The molecule has 2 N–H and O–H groups in total. The zero-order valence-corrected chi connectivity index (χ0v) is 12.3. The van der Waals surface area contributed by atoms with Crippen LogP contribution in [0.2, 0.25) is 0 Å². The van der Waals surface area contributed by atoms with E-state index in [1.165, 1.54) is 43.7 Å². The van der Waals surface area contributed by atoms with Crippen molar-refractivity contribution < 1.29 is 4.39 Å². The Kier molecular flexibility index (Phi) is 4.35. The Morgan fingerprint density at radius 2 is 1.67 bits per heavy atom. The maximum atomic E-state index is 14.1. The fraction of sp³-hybridized carbons (Fsp3) is 0.368. The highest BCUT2D eigenvalue weighted by molar-refractivity contribution is 5.65. The monoisotopic (exact) mass is 283 g/mol. The maximum Gasteiger partial charge on any atom is 0.131 e. The molecule has 0 radical (unpaired) electrons. The Hall–Kier alpha value is -1.67. The van der Waals surface area contributed by atoms with E-state index in [1.807, 2.05) is 24.3 Å². The molecular formula is C19H22FN. The lowest BCUT2D eigenvalue weighted by atomic mass is 9.83. The van der Waals surface area contributed by atoms with Gasteiger partial charge in [-0.3, -0.25) is 0 Å². The molecule has 0 amide bonds. The Bertz CT molecular complexity index is 597. The van der Waals surface area contributed by atoms with Crippen molar-refractivity contribution in [1.82, 2.24) is 0 Å². The molecule has 2 aromatic rings. The molecule has 0 aromatic heterocycles. The van der Waals surface area contributed by atoms with Gasteiger partial charge in [-0.1, -0.05) is 55.7 Å². The van der Waals surface area contributed by atoms with Crippen molar-refractivity contribution in [2.24, 2.45) is 5.73 Å². The fourth-order valence-corrected chi connectivity index (χ4v) is 3.29. The first kappa shape index (κ1) is 14.3. The van der Waals surface area contributed by atoms with Crippen molar-refractivity contribution in [2.45, 2.75) is 44.6 Å². The molecule has 1 nitrogen and oxygen atoms in total. The average Bonchev–Trinajstić information content (AvgIpc) is 2.56. The molecule has 1 aliphatic rings. The van der Waals surface area contributed by atoms with Crippen LogP contribution in [0, 0.1) is 5.82 Å². The summed E-state index contributed by atoms with van der Waals surface area (Å²) in [7, 11) is 0. The average molecular weight is 283 g/mol. The first-order valence-electron chi connectivity index (χ1n) is 7.87. The van der Waals surface area contributed by atoms with Gasteiger partial charge in [0.25, 0.3) is 0 Å². The van der Waals surface area contributed by atoms with Crippen LogP contribution in [0.4, 0.5) is 4.39 Å². The van der Waals surface area contributed by atoms with E-state index in [0.717, 1.165) is 11.1 Å². The minimum absolute atomic E-state index is 0.191. The van der Waals surface area contributed by atoms with Gasteiger partial charge in [-0.25, -0.2) is 4.39 Å². The Morgan fingerprint density at radius 1 is 0.952 bits per heavy atom. The van der Waals surface area contributed by atoms with E-state index < -0.39 is 0 Å². The molecule has 0 spiro atoms. The molecule has 1 fully saturated rings. The summed E-state index contributed by atoms with van der Waals surface area (Å²) in [5.41, 5.74) is 9.37. The van der Waals surface area contributed by atoms with Crippen molar-refractivity contribution >= 4 is 0 Å². The minimum atomic E-state index is -0.191. The van der Waals surface area contributed by atoms with Crippen LogP contribution in [0.3, 0.4) is 0 Å². The molecule has 0 saturated heterocycles. The first-order valence-corrected chi connectivity index (χ1v) is 7.87. The molecule has 0 aliphatic heterocycles. The highest BCUT2D eigenvalue weighted by Gasteiger charge is 2.15. The van der Waals surface area contributed by atoms with E-state index in [0.29, 0.717) is 18.0 Å². The summed E-state index contributed by atoms with van der Waals surface area (Å²) in [6.07, 6.45) is 6.62. The molecule has 0 heterocycles. The molecular weight excluding hydrogens is 261 g/mol. The van der Waals surface area contributed by atoms with Crippen LogP contribution in [0.5, 0.6) is 0 Å². The highest BCUT2D eigenvalue weighted by Crippen LogP contribution is 2.34. The van der Waals surface area contributed by atoms with E-state index in [1.54, 1.807) is 0 Å². The second-order valence-corrected chi connectivity index (χ2v) is 5.98. The topological polar surface area (TPSA) is 26.0 Å². The number of benzene rings is 2. The smallest absolute Gasteiger partial charge is 0.131 e. The summed E-state index contributed by atoms with van der Waals surface area (Å²) in [4.78, 5) is 0. The van der Waals surface area contributed by atoms with Crippen molar-refractivity contribution in [3.63, 3.8) is 0 Å². The standard InChI is InChI=1S/C19H22FN/c20-19-12-14(13-21)6-11-18(19)17-9-7-16(8-10-17)15-4-2-1-3-5-15/h6-12,15H,1-5,13,21H2. The minimum Gasteiger partial charge on any atom is -0.326 e. The van der Waals surface area contributed by atoms with Crippen molar-refractivity contribution in [1.29, 1.82) is 0 Å². The summed E-state index contributed by atoms with van der Waals surface area (Å²) in [5, 5.41) is 0. The number of nitrogens with two attached hydrogens (primary N) is 1. The summed E-state index contributed by atoms with van der Waals surface area (Å²) >= 11 is 0. The highest BCUT2D eigenvalue weighted by atomic mass is 19.1. The normalized spacial score (nSPS) is 16.1. The zero-order valence-electron chi connectivity index (χ0n) is 12.3. The molecule has 1 aliphatic carbocycles. The zero-order chi connectivity index (χ0) is 14.7.